The first kappa shape index (κ1) is 23.3. The van der Waals surface area contributed by atoms with Crippen molar-refractivity contribution in [3.8, 4) is 0 Å². The zero-order chi connectivity index (χ0) is 23.3. The van der Waals surface area contributed by atoms with Gasteiger partial charge in [0.1, 0.15) is 17.7 Å². The lowest BCUT2D eigenvalue weighted by molar-refractivity contribution is -0.145. The van der Waals surface area contributed by atoms with Gasteiger partial charge >= 0.3 is 12.1 Å². The topological polar surface area (TPSA) is 84.9 Å². The molecule has 1 aliphatic heterocycles. The molecule has 0 spiro atoms. The Kier molecular flexibility index (Phi) is 7.18. The molecule has 3 rings (SSSR count). The molecule has 0 radical (unpaired) electrons. The zero-order valence-electron chi connectivity index (χ0n) is 19.0. The van der Waals surface area contributed by atoms with E-state index in [1.807, 2.05) is 54.6 Å². The van der Waals surface area contributed by atoms with Gasteiger partial charge < -0.3 is 14.8 Å². The predicted octanol–water partition coefficient (Wildman–Crippen LogP) is 3.25. The summed E-state index contributed by atoms with van der Waals surface area (Å²) in [5.74, 6) is -0.959. The molecule has 0 aliphatic carbocycles. The molecule has 7 nitrogen and oxygen atoms in total. The smallest absolute Gasteiger partial charge is 0.411 e. The minimum Gasteiger partial charge on any atom is -0.467 e. The summed E-state index contributed by atoms with van der Waals surface area (Å²) in [6.45, 7) is 5.60. The molecule has 0 aromatic heterocycles. The molecule has 170 valence electrons. The number of hydrogen-bond acceptors (Lipinski definition) is 5. The summed E-state index contributed by atoms with van der Waals surface area (Å²) in [6.07, 6.45) is 0.0555. The van der Waals surface area contributed by atoms with Crippen LogP contribution in [0.1, 0.15) is 37.5 Å². The van der Waals surface area contributed by atoms with Gasteiger partial charge in [-0.2, -0.15) is 0 Å². The Bertz CT molecular complexity index is 968. The van der Waals surface area contributed by atoms with Crippen LogP contribution in [0.4, 0.5) is 4.79 Å². The molecule has 0 unspecified atom stereocenters. The molecule has 1 N–H and O–H groups in total. The summed E-state index contributed by atoms with van der Waals surface area (Å²) in [5.41, 5.74) is 2.15. The van der Waals surface area contributed by atoms with E-state index in [0.717, 1.165) is 16.7 Å². The largest absolute Gasteiger partial charge is 0.467 e. The second-order valence-corrected chi connectivity index (χ2v) is 8.87. The highest BCUT2D eigenvalue weighted by Crippen LogP contribution is 2.25. The number of nitrogens with zero attached hydrogens (tertiary/aromatic N) is 1. The molecule has 2 amide bonds. The van der Waals surface area contributed by atoms with Crippen LogP contribution >= 0.6 is 0 Å². The number of nitrogens with one attached hydrogen (secondary N) is 1. The van der Waals surface area contributed by atoms with E-state index < -0.39 is 35.7 Å². The van der Waals surface area contributed by atoms with Crippen LogP contribution in [0.2, 0.25) is 0 Å². The van der Waals surface area contributed by atoms with Crippen LogP contribution in [0.3, 0.4) is 0 Å². The SMILES string of the molecule is COC(=O)[C@@H](Cc1ccccc1)NC(=O)[C@H]1Cc2ccccc2CN1C(=O)OC(C)(C)C. The Morgan fingerprint density at radius 2 is 1.66 bits per heavy atom. The molecule has 0 saturated carbocycles. The minimum atomic E-state index is -0.868. The van der Waals surface area contributed by atoms with Crippen molar-refractivity contribution in [2.24, 2.45) is 0 Å². The summed E-state index contributed by atoms with van der Waals surface area (Å²) in [4.78, 5) is 40.1. The second-order valence-electron chi connectivity index (χ2n) is 8.87. The van der Waals surface area contributed by atoms with Crippen molar-refractivity contribution in [1.29, 1.82) is 0 Å². The van der Waals surface area contributed by atoms with Crippen molar-refractivity contribution < 1.29 is 23.9 Å². The van der Waals surface area contributed by atoms with Gasteiger partial charge in [0.15, 0.2) is 0 Å². The van der Waals surface area contributed by atoms with Gasteiger partial charge in [0, 0.05) is 12.8 Å². The fourth-order valence-corrected chi connectivity index (χ4v) is 3.72. The third kappa shape index (κ3) is 5.87. The van der Waals surface area contributed by atoms with E-state index in [9.17, 15) is 14.4 Å². The minimum absolute atomic E-state index is 0.255. The van der Waals surface area contributed by atoms with Crippen molar-refractivity contribution >= 4 is 18.0 Å². The number of carbonyl (C=O) groups is 3. The van der Waals surface area contributed by atoms with E-state index in [1.54, 1.807) is 20.8 Å². The predicted molar refractivity (Wildman–Crippen MR) is 120 cm³/mol. The number of hydrogen-bond donors (Lipinski definition) is 1. The molecular weight excluding hydrogens is 408 g/mol. The lowest BCUT2D eigenvalue weighted by Crippen LogP contribution is -2.56. The Balaban J connectivity index is 1.84. The van der Waals surface area contributed by atoms with E-state index in [2.05, 4.69) is 5.32 Å². The third-order valence-electron chi connectivity index (χ3n) is 5.26. The van der Waals surface area contributed by atoms with Crippen molar-refractivity contribution in [1.82, 2.24) is 10.2 Å². The van der Waals surface area contributed by atoms with E-state index in [-0.39, 0.29) is 13.0 Å². The zero-order valence-corrected chi connectivity index (χ0v) is 19.0. The molecule has 2 aromatic rings. The number of fused-ring (bicyclic) bond motifs is 1. The maximum atomic E-state index is 13.3. The van der Waals surface area contributed by atoms with Crippen LogP contribution in [-0.4, -0.2) is 47.7 Å². The third-order valence-corrected chi connectivity index (χ3v) is 5.26. The van der Waals surface area contributed by atoms with Gasteiger partial charge in [0.2, 0.25) is 5.91 Å². The Morgan fingerprint density at radius 1 is 1.03 bits per heavy atom. The van der Waals surface area contributed by atoms with Crippen LogP contribution in [0.5, 0.6) is 0 Å². The van der Waals surface area contributed by atoms with Crippen LogP contribution in [0.25, 0.3) is 0 Å². The molecule has 2 aromatic carbocycles. The maximum Gasteiger partial charge on any atom is 0.411 e. The van der Waals surface area contributed by atoms with Crippen LogP contribution in [-0.2, 0) is 38.4 Å². The number of esters is 1. The van der Waals surface area contributed by atoms with E-state index >= 15 is 0 Å². The highest BCUT2D eigenvalue weighted by atomic mass is 16.6. The van der Waals surface area contributed by atoms with Crippen molar-refractivity contribution in [2.45, 2.75) is 57.8 Å². The highest BCUT2D eigenvalue weighted by molar-refractivity contribution is 5.90. The van der Waals surface area contributed by atoms with E-state index in [4.69, 9.17) is 9.47 Å². The second kappa shape index (κ2) is 9.85. The molecule has 0 bridgehead atoms. The Labute approximate surface area is 188 Å². The average molecular weight is 439 g/mol. The molecule has 0 fully saturated rings. The summed E-state index contributed by atoms with van der Waals surface area (Å²) >= 11 is 0. The van der Waals surface area contributed by atoms with Gasteiger partial charge in [-0.05, 0) is 37.5 Å². The molecule has 1 aliphatic rings. The number of rotatable bonds is 5. The average Bonchev–Trinajstić information content (AvgIpc) is 2.76. The van der Waals surface area contributed by atoms with Gasteiger partial charge in [-0.3, -0.25) is 9.69 Å². The number of benzene rings is 2. The van der Waals surface area contributed by atoms with Gasteiger partial charge in [-0.15, -0.1) is 0 Å². The molecule has 7 heteroatoms. The van der Waals surface area contributed by atoms with Gasteiger partial charge in [0.05, 0.1) is 13.7 Å². The van der Waals surface area contributed by atoms with Crippen LogP contribution in [0.15, 0.2) is 54.6 Å². The van der Waals surface area contributed by atoms with Crippen molar-refractivity contribution in [2.75, 3.05) is 7.11 Å². The maximum absolute atomic E-state index is 13.3. The van der Waals surface area contributed by atoms with Crippen LogP contribution < -0.4 is 5.32 Å². The van der Waals surface area contributed by atoms with Crippen molar-refractivity contribution in [3.05, 3.63) is 71.3 Å². The van der Waals surface area contributed by atoms with Gasteiger partial charge in [-0.25, -0.2) is 9.59 Å². The number of amides is 2. The van der Waals surface area contributed by atoms with E-state index in [1.165, 1.54) is 12.0 Å². The molecular formula is C25H30N2O5. The van der Waals surface area contributed by atoms with E-state index in [0.29, 0.717) is 6.42 Å². The molecule has 2 atom stereocenters. The van der Waals surface area contributed by atoms with Crippen LogP contribution in [0, 0.1) is 0 Å². The Morgan fingerprint density at radius 3 is 2.28 bits per heavy atom. The highest BCUT2D eigenvalue weighted by Gasteiger charge is 2.38. The summed E-state index contributed by atoms with van der Waals surface area (Å²) in [6, 6.07) is 15.4. The quantitative estimate of drug-likeness (QED) is 0.725. The fraction of sp³-hybridized carbons (Fsp3) is 0.400. The molecule has 1 heterocycles. The molecule has 32 heavy (non-hydrogen) atoms. The first-order chi connectivity index (χ1) is 15.2. The number of carbonyl (C=O) groups excluding carboxylic acids is 3. The lowest BCUT2D eigenvalue weighted by atomic mass is 9.93. The van der Waals surface area contributed by atoms with Gasteiger partial charge in [0.25, 0.3) is 0 Å². The standard InChI is InChI=1S/C25H30N2O5/c1-25(2,3)32-24(30)27-16-19-13-9-8-12-18(19)15-21(27)22(28)26-20(23(29)31-4)14-17-10-6-5-7-11-17/h5-13,20-21H,14-16H2,1-4H3,(H,26,28)/t20-,21-/m1/s1. The fourth-order valence-electron chi connectivity index (χ4n) is 3.72. The monoisotopic (exact) mass is 438 g/mol. The first-order valence-electron chi connectivity index (χ1n) is 10.7. The van der Waals surface area contributed by atoms with Gasteiger partial charge in [-0.1, -0.05) is 54.6 Å². The summed E-state index contributed by atoms with van der Waals surface area (Å²) < 4.78 is 10.5. The Hall–Kier alpha value is -3.35. The summed E-state index contributed by atoms with van der Waals surface area (Å²) in [5, 5.41) is 2.80. The summed E-state index contributed by atoms with van der Waals surface area (Å²) in [7, 11) is 1.29. The van der Waals surface area contributed by atoms with Crippen molar-refractivity contribution in [3.63, 3.8) is 0 Å². The number of ether oxygens (including phenoxy) is 2. The number of methoxy groups -OCH3 is 1. The first-order valence-corrected chi connectivity index (χ1v) is 10.7. The molecule has 0 saturated heterocycles. The normalized spacial score (nSPS) is 16.5. The lowest BCUT2D eigenvalue weighted by Gasteiger charge is -2.37.